The Labute approximate surface area is 120 Å². The van der Waals surface area contributed by atoms with Gasteiger partial charge in [-0.05, 0) is 30.5 Å². The van der Waals surface area contributed by atoms with Crippen LogP contribution in [0.1, 0.15) is 25.3 Å². The first-order chi connectivity index (χ1) is 9.56. The van der Waals surface area contributed by atoms with Gasteiger partial charge in [0.25, 0.3) is 0 Å². The van der Waals surface area contributed by atoms with Crippen molar-refractivity contribution < 1.29 is 13.2 Å². The molecule has 5 nitrogen and oxygen atoms in total. The van der Waals surface area contributed by atoms with Gasteiger partial charge in [0.05, 0.1) is 11.0 Å². The predicted octanol–water partition coefficient (Wildman–Crippen LogP) is 1.24. The number of benzene rings is 1. The van der Waals surface area contributed by atoms with Crippen molar-refractivity contribution in [2.24, 2.45) is 11.7 Å². The summed E-state index contributed by atoms with van der Waals surface area (Å²) in [5.74, 6) is 0.257. The monoisotopic (exact) mass is 298 g/mol. The molecule has 6 heteroatoms. The fraction of sp³-hybridized carbons (Fsp3) is 0.571. The van der Waals surface area contributed by atoms with Crippen molar-refractivity contribution in [1.29, 1.82) is 0 Å². The molecule has 1 aromatic carbocycles. The minimum absolute atomic E-state index is 0.160. The van der Waals surface area contributed by atoms with Crippen LogP contribution < -0.4 is 10.5 Å². The highest BCUT2D eigenvalue weighted by Crippen LogP contribution is 2.23. The molecule has 1 aromatic rings. The van der Waals surface area contributed by atoms with Crippen LogP contribution in [0.15, 0.2) is 29.2 Å². The van der Waals surface area contributed by atoms with E-state index in [0.717, 1.165) is 18.4 Å². The van der Waals surface area contributed by atoms with Crippen molar-refractivity contribution in [2.75, 3.05) is 13.2 Å². The largest absolute Gasteiger partial charge is 0.378 e. The molecule has 2 atom stereocenters. The smallest absolute Gasteiger partial charge is 0.240 e. The van der Waals surface area contributed by atoms with Gasteiger partial charge in [-0.3, -0.25) is 0 Å². The minimum Gasteiger partial charge on any atom is -0.378 e. The topological polar surface area (TPSA) is 81.4 Å². The summed E-state index contributed by atoms with van der Waals surface area (Å²) in [6.45, 7) is 3.53. The molecule has 1 aliphatic heterocycles. The number of sulfonamides is 1. The average molecular weight is 298 g/mol. The third-order valence-electron chi connectivity index (χ3n) is 3.73. The summed E-state index contributed by atoms with van der Waals surface area (Å²) >= 11 is 0. The summed E-state index contributed by atoms with van der Waals surface area (Å²) in [5.41, 5.74) is 6.35. The zero-order valence-electron chi connectivity index (χ0n) is 11.7. The van der Waals surface area contributed by atoms with Crippen LogP contribution in [0.4, 0.5) is 0 Å². The van der Waals surface area contributed by atoms with Crippen molar-refractivity contribution in [2.45, 2.75) is 37.3 Å². The van der Waals surface area contributed by atoms with Gasteiger partial charge >= 0.3 is 0 Å². The molecule has 0 aromatic heterocycles. The van der Waals surface area contributed by atoms with E-state index in [1.807, 2.05) is 6.07 Å². The van der Waals surface area contributed by atoms with E-state index in [-0.39, 0.29) is 16.9 Å². The van der Waals surface area contributed by atoms with E-state index in [1.165, 1.54) is 0 Å². The van der Waals surface area contributed by atoms with Crippen molar-refractivity contribution in [3.8, 4) is 0 Å². The summed E-state index contributed by atoms with van der Waals surface area (Å²) in [4.78, 5) is 0.271. The Morgan fingerprint density at radius 1 is 1.45 bits per heavy atom. The number of hydrogen-bond acceptors (Lipinski definition) is 4. The van der Waals surface area contributed by atoms with Crippen LogP contribution in [0, 0.1) is 5.92 Å². The Hall–Kier alpha value is -0.950. The molecule has 0 bridgehead atoms. The van der Waals surface area contributed by atoms with Gasteiger partial charge in [-0.15, -0.1) is 0 Å². The van der Waals surface area contributed by atoms with Crippen LogP contribution in [0.25, 0.3) is 0 Å². The molecule has 20 heavy (non-hydrogen) atoms. The van der Waals surface area contributed by atoms with E-state index in [9.17, 15) is 8.42 Å². The molecule has 0 spiro atoms. The van der Waals surface area contributed by atoms with Crippen molar-refractivity contribution in [3.05, 3.63) is 29.8 Å². The van der Waals surface area contributed by atoms with Gasteiger partial charge in [0.2, 0.25) is 10.0 Å². The van der Waals surface area contributed by atoms with E-state index in [4.69, 9.17) is 10.5 Å². The minimum atomic E-state index is -3.47. The van der Waals surface area contributed by atoms with Gasteiger partial charge in [0, 0.05) is 25.6 Å². The van der Waals surface area contributed by atoms with Gasteiger partial charge in [-0.2, -0.15) is 0 Å². The highest BCUT2D eigenvalue weighted by molar-refractivity contribution is 7.89. The molecule has 0 aliphatic carbocycles. The van der Waals surface area contributed by atoms with Crippen LogP contribution in [0.3, 0.4) is 0 Å². The van der Waals surface area contributed by atoms with Crippen LogP contribution >= 0.6 is 0 Å². The third kappa shape index (κ3) is 3.58. The highest BCUT2D eigenvalue weighted by atomic mass is 32.2. The van der Waals surface area contributed by atoms with Gasteiger partial charge < -0.3 is 10.5 Å². The van der Waals surface area contributed by atoms with Crippen LogP contribution in [0.2, 0.25) is 0 Å². The fourth-order valence-electron chi connectivity index (χ4n) is 2.52. The molecular formula is C14H22N2O3S. The number of nitrogens with one attached hydrogen (secondary N) is 1. The maximum atomic E-state index is 12.3. The lowest BCUT2D eigenvalue weighted by Gasteiger charge is -2.17. The van der Waals surface area contributed by atoms with E-state index in [1.54, 1.807) is 18.2 Å². The molecule has 2 unspecified atom stereocenters. The Balaban J connectivity index is 2.03. The van der Waals surface area contributed by atoms with E-state index < -0.39 is 10.0 Å². The molecule has 0 saturated carbocycles. The maximum Gasteiger partial charge on any atom is 0.240 e. The standard InChI is InChI=1S/C14H22N2O3S/c1-2-14-12(6-7-19-14)10-16-20(17,18)13-5-3-4-11(8-13)9-15/h3-5,8,12,14,16H,2,6-7,9-10,15H2,1H3. The van der Waals surface area contributed by atoms with Gasteiger partial charge in [-0.25, -0.2) is 13.1 Å². The molecule has 112 valence electrons. The molecule has 1 saturated heterocycles. The van der Waals surface area contributed by atoms with E-state index >= 15 is 0 Å². The Bertz CT molecular complexity index is 545. The molecule has 1 heterocycles. The molecule has 2 rings (SSSR count). The molecule has 0 radical (unpaired) electrons. The second-order valence-corrected chi connectivity index (χ2v) is 6.84. The quantitative estimate of drug-likeness (QED) is 0.828. The number of nitrogens with two attached hydrogens (primary N) is 1. The molecule has 0 amide bonds. The lowest BCUT2D eigenvalue weighted by Crippen LogP contribution is -2.32. The first-order valence-corrected chi connectivity index (χ1v) is 8.45. The lowest BCUT2D eigenvalue weighted by molar-refractivity contribution is 0.0884. The van der Waals surface area contributed by atoms with Crippen LogP contribution in [0.5, 0.6) is 0 Å². The lowest BCUT2D eigenvalue weighted by atomic mass is 10.0. The summed E-state index contributed by atoms with van der Waals surface area (Å²) < 4.78 is 32.8. The third-order valence-corrected chi connectivity index (χ3v) is 5.15. The second kappa shape index (κ2) is 6.67. The van der Waals surface area contributed by atoms with Crippen molar-refractivity contribution in [3.63, 3.8) is 0 Å². The maximum absolute atomic E-state index is 12.3. The zero-order chi connectivity index (χ0) is 14.6. The van der Waals surface area contributed by atoms with Gasteiger partial charge in [0.15, 0.2) is 0 Å². The van der Waals surface area contributed by atoms with Crippen molar-refractivity contribution in [1.82, 2.24) is 4.72 Å². The van der Waals surface area contributed by atoms with E-state index in [2.05, 4.69) is 11.6 Å². The fourth-order valence-corrected chi connectivity index (χ4v) is 3.68. The summed E-state index contributed by atoms with van der Waals surface area (Å²) in [6, 6.07) is 6.73. The van der Waals surface area contributed by atoms with Gasteiger partial charge in [-0.1, -0.05) is 19.1 Å². The van der Waals surface area contributed by atoms with Crippen LogP contribution in [-0.4, -0.2) is 27.7 Å². The first kappa shape index (κ1) is 15.4. The Morgan fingerprint density at radius 2 is 2.25 bits per heavy atom. The number of ether oxygens (including phenoxy) is 1. The summed E-state index contributed by atoms with van der Waals surface area (Å²) in [6.07, 6.45) is 1.98. The summed E-state index contributed by atoms with van der Waals surface area (Å²) in [7, 11) is -3.47. The Morgan fingerprint density at radius 3 is 2.95 bits per heavy atom. The molecule has 1 fully saturated rings. The SMILES string of the molecule is CCC1OCCC1CNS(=O)(=O)c1cccc(CN)c1. The number of hydrogen-bond donors (Lipinski definition) is 2. The normalized spacial score (nSPS) is 23.1. The molecular weight excluding hydrogens is 276 g/mol. The molecule has 3 N–H and O–H groups in total. The average Bonchev–Trinajstić information content (AvgIpc) is 2.93. The van der Waals surface area contributed by atoms with Gasteiger partial charge in [0.1, 0.15) is 0 Å². The summed E-state index contributed by atoms with van der Waals surface area (Å²) in [5, 5.41) is 0. The van der Waals surface area contributed by atoms with Crippen LogP contribution in [-0.2, 0) is 21.3 Å². The molecule has 1 aliphatic rings. The Kier molecular flexibility index (Phi) is 5.15. The predicted molar refractivity (Wildman–Crippen MR) is 77.7 cm³/mol. The van der Waals surface area contributed by atoms with E-state index in [0.29, 0.717) is 19.7 Å². The second-order valence-electron chi connectivity index (χ2n) is 5.07. The highest BCUT2D eigenvalue weighted by Gasteiger charge is 2.28. The van der Waals surface area contributed by atoms with Crippen molar-refractivity contribution >= 4 is 10.0 Å². The zero-order valence-corrected chi connectivity index (χ0v) is 12.5. The first-order valence-electron chi connectivity index (χ1n) is 6.97. The number of rotatable bonds is 6.